The second-order valence-corrected chi connectivity index (χ2v) is 14.8. The number of carbonyl (C=O) groups is 2. The summed E-state index contributed by atoms with van der Waals surface area (Å²) < 4.78 is 10.2. The molecule has 7 nitrogen and oxygen atoms in total. The lowest BCUT2D eigenvalue weighted by Gasteiger charge is -2.35. The summed E-state index contributed by atoms with van der Waals surface area (Å²) in [5.74, 6) is -0.371. The molecule has 3 aromatic carbocycles. The summed E-state index contributed by atoms with van der Waals surface area (Å²) in [5, 5.41) is 12.9. The quantitative estimate of drug-likeness (QED) is 0.162. The number of carboxylic acids is 1. The maximum absolute atomic E-state index is 15.0. The molecule has 1 aliphatic carbocycles. The largest absolute Gasteiger partial charge is 0.494 e. The van der Waals surface area contributed by atoms with Crippen LogP contribution in [-0.4, -0.2) is 39.3 Å². The lowest BCUT2D eigenvalue weighted by Crippen LogP contribution is -2.43. The normalized spacial score (nSPS) is 16.4. The van der Waals surface area contributed by atoms with E-state index >= 15 is 4.79 Å². The van der Waals surface area contributed by atoms with E-state index in [1.807, 2.05) is 62.2 Å². The molecule has 0 unspecified atom stereocenters. The molecule has 0 radical (unpaired) electrons. The Morgan fingerprint density at radius 1 is 1.04 bits per heavy atom. The van der Waals surface area contributed by atoms with Crippen molar-refractivity contribution in [1.29, 1.82) is 0 Å². The van der Waals surface area contributed by atoms with Crippen LogP contribution in [0.1, 0.15) is 82.8 Å². The number of halogens is 2. The van der Waals surface area contributed by atoms with Crippen LogP contribution in [0.25, 0.3) is 27.4 Å². The zero-order valence-electron chi connectivity index (χ0n) is 29.8. The third kappa shape index (κ3) is 5.77. The zero-order valence-corrected chi connectivity index (χ0v) is 31.3. The number of amides is 1. The Kier molecular flexibility index (Phi) is 8.93. The van der Waals surface area contributed by atoms with Gasteiger partial charge >= 0.3 is 5.97 Å². The van der Waals surface area contributed by atoms with E-state index in [4.69, 9.17) is 27.9 Å². The minimum Gasteiger partial charge on any atom is -0.494 e. The number of nitrogens with zero attached hydrogens (tertiary/aromatic N) is 3. The number of fused-ring (bicyclic) bond motifs is 4. The van der Waals surface area contributed by atoms with Gasteiger partial charge in [0, 0.05) is 47.2 Å². The molecular formula is C42H41Cl2N3O4. The van der Waals surface area contributed by atoms with Gasteiger partial charge in [-0.1, -0.05) is 65.2 Å². The number of benzene rings is 3. The van der Waals surface area contributed by atoms with Crippen molar-refractivity contribution in [2.45, 2.75) is 59.9 Å². The van der Waals surface area contributed by atoms with Crippen LogP contribution in [0, 0.1) is 13.8 Å². The first kappa shape index (κ1) is 34.7. The average molecular weight is 723 g/mol. The molecule has 0 spiro atoms. The number of hydrogen-bond acceptors (Lipinski definition) is 3. The highest BCUT2D eigenvalue weighted by Crippen LogP contribution is 2.46. The number of hydrogen-bond donors (Lipinski definition) is 1. The Morgan fingerprint density at radius 2 is 1.76 bits per heavy atom. The molecule has 1 atom stereocenters. The first-order valence-electron chi connectivity index (χ1n) is 17.2. The minimum atomic E-state index is -1.01. The molecule has 0 bridgehead atoms. The van der Waals surface area contributed by atoms with Gasteiger partial charge in [-0.15, -0.1) is 0 Å². The van der Waals surface area contributed by atoms with Crippen LogP contribution in [-0.2, 0) is 13.5 Å². The lowest BCUT2D eigenvalue weighted by molar-refractivity contribution is 0.0698. The predicted octanol–water partition coefficient (Wildman–Crippen LogP) is 10.7. The van der Waals surface area contributed by atoms with Gasteiger partial charge in [0.05, 0.1) is 33.9 Å². The molecule has 2 aliphatic rings. The molecule has 0 saturated carbocycles. The molecule has 2 aromatic heterocycles. The molecule has 9 heteroatoms. The van der Waals surface area contributed by atoms with E-state index in [1.54, 1.807) is 16.8 Å². The molecule has 1 aliphatic heterocycles. The van der Waals surface area contributed by atoms with E-state index in [-0.39, 0.29) is 17.5 Å². The fourth-order valence-electron chi connectivity index (χ4n) is 8.24. The topological polar surface area (TPSA) is 76.7 Å². The molecule has 5 aromatic rings. The lowest BCUT2D eigenvalue weighted by atomic mass is 9.85. The van der Waals surface area contributed by atoms with E-state index in [1.165, 1.54) is 5.57 Å². The molecule has 3 heterocycles. The van der Waals surface area contributed by atoms with Gasteiger partial charge in [0.25, 0.3) is 5.91 Å². The third-order valence-corrected chi connectivity index (χ3v) is 11.2. The number of para-hydroxylation sites is 1. The van der Waals surface area contributed by atoms with Gasteiger partial charge in [-0.05, 0) is 106 Å². The summed E-state index contributed by atoms with van der Waals surface area (Å²) in [5.41, 5.74) is 11.4. The summed E-state index contributed by atoms with van der Waals surface area (Å²) >= 11 is 13.5. The third-order valence-electron chi connectivity index (χ3n) is 10.3. The number of aromatic nitrogens is 2. The first-order valence-corrected chi connectivity index (χ1v) is 18.0. The van der Waals surface area contributed by atoms with E-state index in [2.05, 4.69) is 38.0 Å². The van der Waals surface area contributed by atoms with Gasteiger partial charge in [-0.25, -0.2) is 4.79 Å². The van der Waals surface area contributed by atoms with Crippen molar-refractivity contribution >= 4 is 68.1 Å². The molecule has 1 N–H and O–H groups in total. The van der Waals surface area contributed by atoms with Crippen molar-refractivity contribution in [2.75, 3.05) is 18.1 Å². The Labute approximate surface area is 308 Å². The van der Waals surface area contributed by atoms with Crippen LogP contribution in [0.2, 0.25) is 10.0 Å². The summed E-state index contributed by atoms with van der Waals surface area (Å²) in [6, 6.07) is 13.3. The number of carboxylic acid groups (broad SMARTS) is 1. The smallest absolute Gasteiger partial charge is 0.337 e. The zero-order chi connectivity index (χ0) is 36.5. The maximum Gasteiger partial charge on any atom is 0.337 e. The number of ether oxygens (including phenoxy) is 1. The van der Waals surface area contributed by atoms with Gasteiger partial charge in [-0.3, -0.25) is 4.79 Å². The van der Waals surface area contributed by atoms with Crippen molar-refractivity contribution < 1.29 is 19.4 Å². The second kappa shape index (κ2) is 13.1. The van der Waals surface area contributed by atoms with Crippen molar-refractivity contribution in [2.24, 2.45) is 7.05 Å². The monoisotopic (exact) mass is 721 g/mol. The van der Waals surface area contributed by atoms with Crippen LogP contribution < -0.4 is 9.64 Å². The highest BCUT2D eigenvalue weighted by molar-refractivity contribution is 6.34. The van der Waals surface area contributed by atoms with E-state index < -0.39 is 5.97 Å². The molecule has 0 fully saturated rings. The van der Waals surface area contributed by atoms with Crippen molar-refractivity contribution in [3.8, 4) is 5.75 Å². The van der Waals surface area contributed by atoms with Crippen molar-refractivity contribution in [1.82, 2.24) is 9.13 Å². The van der Waals surface area contributed by atoms with Crippen LogP contribution in [0.15, 0.2) is 78.0 Å². The first-order chi connectivity index (χ1) is 24.3. The fraction of sp³-hybridized carbons (Fsp3) is 0.286. The fourth-order valence-corrected chi connectivity index (χ4v) is 8.60. The number of aryl methyl sites for hydroxylation is 4. The number of aromatic carboxylic acids is 1. The SMILES string of the molecule is C=C1C=C(C)C(c2c(Cl)ccc3c(CCCOc4cc(C)c(Cl)c(C)c4)c4n(c23)[C@H](C)CN(c2cccc3c(C(=O)O)cn(C)c23)C4=O)=C(C)C1. The number of anilines is 1. The number of allylic oxidation sites excluding steroid dienone is 5. The Morgan fingerprint density at radius 3 is 2.45 bits per heavy atom. The highest BCUT2D eigenvalue weighted by Gasteiger charge is 2.37. The maximum atomic E-state index is 15.0. The molecular weight excluding hydrogens is 681 g/mol. The summed E-state index contributed by atoms with van der Waals surface area (Å²) in [4.78, 5) is 29.0. The number of rotatable bonds is 8. The van der Waals surface area contributed by atoms with Crippen LogP contribution in [0.5, 0.6) is 5.75 Å². The summed E-state index contributed by atoms with van der Waals surface area (Å²) in [6.45, 7) is 15.4. The second-order valence-electron chi connectivity index (χ2n) is 14.1. The van der Waals surface area contributed by atoms with Gasteiger partial charge < -0.3 is 23.9 Å². The van der Waals surface area contributed by atoms with Gasteiger partial charge in [0.2, 0.25) is 0 Å². The minimum absolute atomic E-state index is 0.124. The average Bonchev–Trinajstić information content (AvgIpc) is 3.59. The van der Waals surface area contributed by atoms with Crippen LogP contribution >= 0.6 is 23.2 Å². The summed E-state index contributed by atoms with van der Waals surface area (Å²) in [7, 11) is 1.82. The van der Waals surface area contributed by atoms with E-state index in [0.29, 0.717) is 53.3 Å². The molecule has 7 rings (SSSR count). The van der Waals surface area contributed by atoms with E-state index in [9.17, 15) is 9.90 Å². The molecule has 1 amide bonds. The Hall–Kier alpha value is -4.72. The van der Waals surface area contributed by atoms with Crippen LogP contribution in [0.4, 0.5) is 5.69 Å². The van der Waals surface area contributed by atoms with E-state index in [0.717, 1.165) is 67.1 Å². The molecule has 262 valence electrons. The molecule has 51 heavy (non-hydrogen) atoms. The Balaban J connectivity index is 1.38. The van der Waals surface area contributed by atoms with Crippen molar-refractivity contribution in [3.05, 3.63) is 122 Å². The van der Waals surface area contributed by atoms with Gasteiger partial charge in [-0.2, -0.15) is 0 Å². The molecule has 0 saturated heterocycles. The van der Waals surface area contributed by atoms with Crippen molar-refractivity contribution in [3.63, 3.8) is 0 Å². The Bertz CT molecular complexity index is 2370. The standard InChI is InChI=1S/C42H41Cl2N3O4/c1-22-16-23(2)35(24(3)17-22)36-33(43)14-13-31-29(11-9-15-51-28-18-25(4)37(44)26(5)19-28)40-41(48)46(20-27(6)47(40)39(31)36)34-12-8-10-30-32(42(49)50)21-45(7)38(30)34/h8,10,12-14,16,18-19,21,27H,1,9,11,15,17,20H2,2-7H3,(H,49,50)/t27-/m1/s1. The predicted molar refractivity (Wildman–Crippen MR) is 208 cm³/mol. The highest BCUT2D eigenvalue weighted by atomic mass is 35.5. The van der Waals surface area contributed by atoms with Gasteiger partial charge in [0.1, 0.15) is 11.4 Å². The van der Waals surface area contributed by atoms with Gasteiger partial charge in [0.15, 0.2) is 0 Å². The number of carbonyl (C=O) groups excluding carboxylic acids is 1. The van der Waals surface area contributed by atoms with Crippen LogP contribution in [0.3, 0.4) is 0 Å². The summed E-state index contributed by atoms with van der Waals surface area (Å²) in [6.07, 6.45) is 5.75.